The van der Waals surface area contributed by atoms with Crippen molar-refractivity contribution in [1.82, 2.24) is 0 Å². The Hall–Kier alpha value is -1.11. The first-order valence-corrected chi connectivity index (χ1v) is 6.34. The lowest BCUT2D eigenvalue weighted by Gasteiger charge is -2.14. The summed E-state index contributed by atoms with van der Waals surface area (Å²) in [7, 11) is 0. The number of unbranched alkanes of at least 4 members (excludes halogenated alkanes) is 1. The zero-order valence-electron chi connectivity index (χ0n) is 10.4. The Morgan fingerprint density at radius 1 is 1.19 bits per heavy atom. The number of benzene rings is 1. The van der Waals surface area contributed by atoms with Gasteiger partial charge in [0.2, 0.25) is 0 Å². The van der Waals surface area contributed by atoms with Crippen LogP contribution in [0.1, 0.15) is 55.5 Å². The highest BCUT2D eigenvalue weighted by atomic mass is 16.1. The summed E-state index contributed by atoms with van der Waals surface area (Å²) in [5.41, 5.74) is 2.12. The van der Waals surface area contributed by atoms with Crippen molar-refractivity contribution < 1.29 is 4.79 Å². The maximum atomic E-state index is 10.5. The number of hydrogen-bond acceptors (Lipinski definition) is 1. The fourth-order valence-corrected chi connectivity index (χ4v) is 2.01. The number of carbonyl (C=O) groups excluding carboxylic acids is 1. The molecule has 1 heteroatoms. The second kappa shape index (κ2) is 7.21. The van der Waals surface area contributed by atoms with Crippen molar-refractivity contribution in [2.45, 2.75) is 46.0 Å². The van der Waals surface area contributed by atoms with Gasteiger partial charge in [0.1, 0.15) is 6.29 Å². The fraction of sp³-hybridized carbons (Fsp3) is 0.533. The second-order valence-electron chi connectivity index (χ2n) is 4.48. The van der Waals surface area contributed by atoms with E-state index < -0.39 is 0 Å². The molecular weight excluding hydrogens is 196 g/mol. The van der Waals surface area contributed by atoms with Crippen LogP contribution >= 0.6 is 0 Å². The molecule has 0 saturated heterocycles. The van der Waals surface area contributed by atoms with Gasteiger partial charge in [-0.3, -0.25) is 4.79 Å². The van der Waals surface area contributed by atoms with Crippen LogP contribution in [0.3, 0.4) is 0 Å². The largest absolute Gasteiger partial charge is 0.298 e. The van der Waals surface area contributed by atoms with Crippen molar-refractivity contribution in [2.75, 3.05) is 0 Å². The molecule has 0 saturated carbocycles. The quantitative estimate of drug-likeness (QED) is 0.625. The predicted octanol–water partition coefficient (Wildman–Crippen LogP) is 4.26. The molecule has 0 aliphatic rings. The average Bonchev–Trinajstić information content (AvgIpc) is 2.35. The summed E-state index contributed by atoms with van der Waals surface area (Å²) in [4.78, 5) is 10.5. The molecule has 0 aliphatic carbocycles. The van der Waals surface area contributed by atoms with E-state index in [-0.39, 0.29) is 0 Å². The summed E-state index contributed by atoms with van der Waals surface area (Å²) in [6.45, 7) is 4.51. The Kier molecular flexibility index (Phi) is 5.84. The van der Waals surface area contributed by atoms with Gasteiger partial charge in [-0.15, -0.1) is 0 Å². The van der Waals surface area contributed by atoms with E-state index in [9.17, 15) is 4.79 Å². The first-order valence-electron chi connectivity index (χ1n) is 6.34. The third-order valence-electron chi connectivity index (χ3n) is 3.18. The van der Waals surface area contributed by atoms with Gasteiger partial charge in [-0.05, 0) is 17.9 Å². The lowest BCUT2D eigenvalue weighted by molar-refractivity contribution is 0.112. The van der Waals surface area contributed by atoms with Crippen molar-refractivity contribution in [3.63, 3.8) is 0 Å². The average molecular weight is 218 g/mol. The minimum Gasteiger partial charge on any atom is -0.298 e. The molecule has 0 spiro atoms. The van der Waals surface area contributed by atoms with E-state index in [4.69, 9.17) is 0 Å². The zero-order valence-corrected chi connectivity index (χ0v) is 10.4. The minimum atomic E-state index is 0.769. The molecule has 0 aromatic heterocycles. The molecule has 1 unspecified atom stereocenters. The van der Waals surface area contributed by atoms with Gasteiger partial charge < -0.3 is 0 Å². The van der Waals surface area contributed by atoms with Crippen LogP contribution in [0.15, 0.2) is 24.3 Å². The fourth-order valence-electron chi connectivity index (χ4n) is 2.01. The standard InChI is InChI=1S/C15H22O/c1-3-5-6-13(4-2)11-14-7-9-15(12-16)10-8-14/h7-10,12-13H,3-6,11H2,1-2H3. The molecule has 1 aromatic carbocycles. The number of rotatable bonds is 7. The van der Waals surface area contributed by atoms with Gasteiger partial charge >= 0.3 is 0 Å². The molecule has 1 atom stereocenters. The van der Waals surface area contributed by atoms with E-state index in [1.165, 1.54) is 31.2 Å². The predicted molar refractivity (Wildman–Crippen MR) is 68.8 cm³/mol. The summed E-state index contributed by atoms with van der Waals surface area (Å²) in [5.74, 6) is 0.794. The number of hydrogen-bond donors (Lipinski definition) is 0. The second-order valence-corrected chi connectivity index (χ2v) is 4.48. The van der Waals surface area contributed by atoms with Gasteiger partial charge in [-0.25, -0.2) is 0 Å². The summed E-state index contributed by atoms with van der Waals surface area (Å²) < 4.78 is 0. The van der Waals surface area contributed by atoms with Crippen LogP contribution in [0.4, 0.5) is 0 Å². The maximum absolute atomic E-state index is 10.5. The van der Waals surface area contributed by atoms with E-state index >= 15 is 0 Å². The molecule has 0 aliphatic heterocycles. The van der Waals surface area contributed by atoms with Crippen LogP contribution in [0, 0.1) is 5.92 Å². The van der Waals surface area contributed by atoms with Crippen molar-refractivity contribution in [1.29, 1.82) is 0 Å². The zero-order chi connectivity index (χ0) is 11.8. The monoisotopic (exact) mass is 218 g/mol. The molecular formula is C15H22O. The van der Waals surface area contributed by atoms with Crippen LogP contribution in [-0.4, -0.2) is 6.29 Å². The summed E-state index contributed by atoms with van der Waals surface area (Å²) in [6.07, 6.45) is 7.22. The van der Waals surface area contributed by atoms with Crippen molar-refractivity contribution >= 4 is 6.29 Å². The molecule has 1 aromatic rings. The molecule has 88 valence electrons. The molecule has 16 heavy (non-hydrogen) atoms. The normalized spacial score (nSPS) is 12.4. The first kappa shape index (κ1) is 13.0. The molecule has 0 bridgehead atoms. The van der Waals surface area contributed by atoms with Gasteiger partial charge in [-0.1, -0.05) is 63.8 Å². The third-order valence-corrected chi connectivity index (χ3v) is 3.18. The first-order chi connectivity index (χ1) is 7.80. The molecule has 0 amide bonds. The molecule has 1 rings (SSSR count). The topological polar surface area (TPSA) is 17.1 Å². The van der Waals surface area contributed by atoms with Crippen molar-refractivity contribution in [2.24, 2.45) is 5.92 Å². The van der Waals surface area contributed by atoms with Crippen molar-refractivity contribution in [3.8, 4) is 0 Å². The van der Waals surface area contributed by atoms with E-state index in [1.54, 1.807) is 0 Å². The molecule has 0 radical (unpaired) electrons. The van der Waals surface area contributed by atoms with E-state index in [2.05, 4.69) is 26.0 Å². The van der Waals surface area contributed by atoms with E-state index in [0.717, 1.165) is 24.2 Å². The SMILES string of the molecule is CCCCC(CC)Cc1ccc(C=O)cc1. The Bertz CT molecular complexity index is 300. The number of carbonyl (C=O) groups is 1. The smallest absolute Gasteiger partial charge is 0.150 e. The van der Waals surface area contributed by atoms with Gasteiger partial charge in [-0.2, -0.15) is 0 Å². The molecule has 0 heterocycles. The molecule has 1 nitrogen and oxygen atoms in total. The van der Waals surface area contributed by atoms with Crippen LogP contribution < -0.4 is 0 Å². The van der Waals surface area contributed by atoms with Crippen molar-refractivity contribution in [3.05, 3.63) is 35.4 Å². The summed E-state index contributed by atoms with van der Waals surface area (Å²) >= 11 is 0. The van der Waals surface area contributed by atoms with E-state index in [0.29, 0.717) is 0 Å². The maximum Gasteiger partial charge on any atom is 0.150 e. The Morgan fingerprint density at radius 2 is 1.88 bits per heavy atom. The molecule has 0 N–H and O–H groups in total. The van der Waals surface area contributed by atoms with Crippen LogP contribution in [-0.2, 0) is 6.42 Å². The number of aldehydes is 1. The highest BCUT2D eigenvalue weighted by Crippen LogP contribution is 2.18. The lowest BCUT2D eigenvalue weighted by atomic mass is 9.92. The van der Waals surface area contributed by atoms with E-state index in [1.807, 2.05) is 12.1 Å². The summed E-state index contributed by atoms with van der Waals surface area (Å²) in [6, 6.07) is 7.99. The Balaban J connectivity index is 2.52. The third kappa shape index (κ3) is 4.18. The Morgan fingerprint density at radius 3 is 2.38 bits per heavy atom. The van der Waals surface area contributed by atoms with Crippen LogP contribution in [0.2, 0.25) is 0 Å². The van der Waals surface area contributed by atoms with Crippen LogP contribution in [0.5, 0.6) is 0 Å². The Labute approximate surface area is 98.9 Å². The van der Waals surface area contributed by atoms with Gasteiger partial charge in [0.15, 0.2) is 0 Å². The lowest BCUT2D eigenvalue weighted by Crippen LogP contribution is -2.03. The summed E-state index contributed by atoms with van der Waals surface area (Å²) in [5, 5.41) is 0. The van der Waals surface area contributed by atoms with Gasteiger partial charge in [0.05, 0.1) is 0 Å². The van der Waals surface area contributed by atoms with Gasteiger partial charge in [0, 0.05) is 5.56 Å². The molecule has 0 fully saturated rings. The highest BCUT2D eigenvalue weighted by molar-refractivity contribution is 5.74. The highest BCUT2D eigenvalue weighted by Gasteiger charge is 2.06. The minimum absolute atomic E-state index is 0.769. The van der Waals surface area contributed by atoms with Crippen LogP contribution in [0.25, 0.3) is 0 Å². The van der Waals surface area contributed by atoms with Gasteiger partial charge in [0.25, 0.3) is 0 Å².